The molecule has 0 bridgehead atoms. The summed E-state index contributed by atoms with van der Waals surface area (Å²) >= 11 is 12.8. The van der Waals surface area contributed by atoms with Crippen LogP contribution in [0.15, 0.2) is 52.4 Å². The van der Waals surface area contributed by atoms with Gasteiger partial charge in [-0.1, -0.05) is 35.0 Å². The summed E-state index contributed by atoms with van der Waals surface area (Å²) in [5.41, 5.74) is 0.339. The number of carbonyl (C=O) groups excluding carboxylic acids is 1. The maximum atomic E-state index is 13.1. The first-order chi connectivity index (χ1) is 14.0. The standard InChI is InChI=1S/C19H14Cl2F3N3O2S/c1-10(16(28)25-9-19(22,23)24)30-18-26-15-8-12(21)4-7-14(15)17(29)27(18)13-5-2-11(20)3-6-13/h2-8,10H,9H2,1H3,(H,25,28). The summed E-state index contributed by atoms with van der Waals surface area (Å²) in [6.07, 6.45) is -4.52. The van der Waals surface area contributed by atoms with Crippen LogP contribution in [0.3, 0.4) is 0 Å². The first-order valence-corrected chi connectivity index (χ1v) is 10.2. The van der Waals surface area contributed by atoms with Crippen LogP contribution >= 0.6 is 35.0 Å². The lowest BCUT2D eigenvalue weighted by molar-refractivity contribution is -0.137. The number of hydrogen-bond acceptors (Lipinski definition) is 4. The number of carbonyl (C=O) groups is 1. The first kappa shape index (κ1) is 22.5. The predicted molar refractivity (Wildman–Crippen MR) is 112 cm³/mol. The Morgan fingerprint density at radius 2 is 1.80 bits per heavy atom. The predicted octanol–water partition coefficient (Wildman–Crippen LogP) is 4.85. The van der Waals surface area contributed by atoms with Crippen molar-refractivity contribution in [1.29, 1.82) is 0 Å². The fourth-order valence-electron chi connectivity index (χ4n) is 2.58. The van der Waals surface area contributed by atoms with E-state index in [9.17, 15) is 22.8 Å². The van der Waals surface area contributed by atoms with Gasteiger partial charge in [0.05, 0.1) is 21.8 Å². The van der Waals surface area contributed by atoms with E-state index in [-0.39, 0.29) is 5.16 Å². The summed E-state index contributed by atoms with van der Waals surface area (Å²) < 4.78 is 38.4. The molecule has 0 fully saturated rings. The normalized spacial score (nSPS) is 12.7. The lowest BCUT2D eigenvalue weighted by Gasteiger charge is -2.17. The van der Waals surface area contributed by atoms with Crippen LogP contribution in [0, 0.1) is 0 Å². The van der Waals surface area contributed by atoms with Crippen molar-refractivity contribution in [1.82, 2.24) is 14.9 Å². The summed E-state index contributed by atoms with van der Waals surface area (Å²) in [6.45, 7) is -0.0155. The average molecular weight is 476 g/mol. The van der Waals surface area contributed by atoms with E-state index in [2.05, 4.69) is 4.98 Å². The first-order valence-electron chi connectivity index (χ1n) is 8.54. The van der Waals surface area contributed by atoms with Crippen molar-refractivity contribution in [2.45, 2.75) is 23.5 Å². The smallest absolute Gasteiger partial charge is 0.346 e. The molecule has 3 rings (SSSR count). The van der Waals surface area contributed by atoms with Crippen LogP contribution in [0.25, 0.3) is 16.6 Å². The van der Waals surface area contributed by atoms with Crippen LogP contribution in [-0.4, -0.2) is 33.4 Å². The summed E-state index contributed by atoms with van der Waals surface area (Å²) in [4.78, 5) is 29.7. The lowest BCUT2D eigenvalue weighted by atomic mass is 10.2. The highest BCUT2D eigenvalue weighted by molar-refractivity contribution is 8.00. The summed E-state index contributed by atoms with van der Waals surface area (Å²) in [5, 5.41) is 2.14. The number of halogens is 5. The van der Waals surface area contributed by atoms with Gasteiger partial charge in [0.1, 0.15) is 6.54 Å². The van der Waals surface area contributed by atoms with Crippen LogP contribution in [0.1, 0.15) is 6.92 Å². The molecule has 0 saturated heterocycles. The van der Waals surface area contributed by atoms with Crippen LogP contribution < -0.4 is 10.9 Å². The molecule has 0 aliphatic rings. The molecule has 0 spiro atoms. The molecule has 1 aromatic heterocycles. The Kier molecular flexibility index (Phi) is 6.64. The third kappa shape index (κ3) is 5.27. The summed E-state index contributed by atoms with van der Waals surface area (Å²) in [7, 11) is 0. The molecule has 5 nitrogen and oxygen atoms in total. The molecule has 158 valence electrons. The second-order valence-electron chi connectivity index (χ2n) is 6.27. The minimum absolute atomic E-state index is 0.131. The van der Waals surface area contributed by atoms with Crippen LogP contribution in [0.5, 0.6) is 0 Å². The van der Waals surface area contributed by atoms with Gasteiger partial charge in [-0.25, -0.2) is 4.98 Å². The number of alkyl halides is 3. The third-order valence-corrected chi connectivity index (χ3v) is 5.54. The van der Waals surface area contributed by atoms with Crippen molar-refractivity contribution in [3.63, 3.8) is 0 Å². The minimum atomic E-state index is -4.52. The Morgan fingerprint density at radius 3 is 2.43 bits per heavy atom. The van der Waals surface area contributed by atoms with Crippen LogP contribution in [0.4, 0.5) is 13.2 Å². The van der Waals surface area contributed by atoms with Crippen molar-refractivity contribution in [3.8, 4) is 5.69 Å². The largest absolute Gasteiger partial charge is 0.405 e. The van der Waals surface area contributed by atoms with Gasteiger partial charge in [-0.05, 0) is 49.4 Å². The topological polar surface area (TPSA) is 64.0 Å². The molecular weight excluding hydrogens is 462 g/mol. The van der Waals surface area contributed by atoms with Gasteiger partial charge in [-0.3, -0.25) is 14.2 Å². The maximum absolute atomic E-state index is 13.1. The van der Waals surface area contributed by atoms with Gasteiger partial charge in [0, 0.05) is 10.0 Å². The molecule has 0 saturated carbocycles. The number of nitrogens with one attached hydrogen (secondary N) is 1. The van der Waals surface area contributed by atoms with E-state index in [0.717, 1.165) is 11.8 Å². The zero-order chi connectivity index (χ0) is 22.1. The van der Waals surface area contributed by atoms with Gasteiger partial charge in [-0.15, -0.1) is 0 Å². The molecular formula is C19H14Cl2F3N3O2S. The number of rotatable bonds is 5. The Bertz CT molecular complexity index is 1150. The molecule has 30 heavy (non-hydrogen) atoms. The fraction of sp³-hybridized carbons (Fsp3) is 0.211. The van der Waals surface area contributed by atoms with Gasteiger partial charge in [0.2, 0.25) is 5.91 Å². The quantitative estimate of drug-likeness (QED) is 0.423. The fourth-order valence-corrected chi connectivity index (χ4v) is 3.82. The Morgan fingerprint density at radius 1 is 1.17 bits per heavy atom. The lowest BCUT2D eigenvalue weighted by Crippen LogP contribution is -2.38. The zero-order valence-electron chi connectivity index (χ0n) is 15.3. The number of thioether (sulfide) groups is 1. The van der Waals surface area contributed by atoms with Gasteiger partial charge < -0.3 is 5.32 Å². The number of amides is 1. The Labute approximate surface area is 183 Å². The van der Waals surface area contributed by atoms with Gasteiger partial charge in [0.15, 0.2) is 5.16 Å². The second kappa shape index (κ2) is 8.87. The molecule has 3 aromatic rings. The van der Waals surface area contributed by atoms with Crippen molar-refractivity contribution in [2.75, 3.05) is 6.54 Å². The molecule has 1 heterocycles. The molecule has 1 unspecified atom stereocenters. The number of aromatic nitrogens is 2. The molecule has 1 atom stereocenters. The molecule has 1 N–H and O–H groups in total. The van der Waals surface area contributed by atoms with E-state index in [4.69, 9.17) is 23.2 Å². The molecule has 11 heteroatoms. The van der Waals surface area contributed by atoms with E-state index in [1.807, 2.05) is 5.32 Å². The number of hydrogen-bond donors (Lipinski definition) is 1. The minimum Gasteiger partial charge on any atom is -0.346 e. The highest BCUT2D eigenvalue weighted by Crippen LogP contribution is 2.27. The summed E-state index contributed by atoms with van der Waals surface area (Å²) in [5.74, 6) is -0.833. The monoisotopic (exact) mass is 475 g/mol. The van der Waals surface area contributed by atoms with E-state index in [1.165, 1.54) is 23.6 Å². The number of fused-ring (bicyclic) bond motifs is 1. The molecule has 2 aromatic carbocycles. The maximum Gasteiger partial charge on any atom is 0.405 e. The van der Waals surface area contributed by atoms with Crippen molar-refractivity contribution < 1.29 is 18.0 Å². The Balaban J connectivity index is 2.05. The Hall–Kier alpha value is -2.23. The average Bonchev–Trinajstić information content (AvgIpc) is 2.66. The van der Waals surface area contributed by atoms with Crippen molar-refractivity contribution in [3.05, 3.63) is 62.9 Å². The number of benzene rings is 2. The third-order valence-electron chi connectivity index (χ3n) is 4.00. The molecule has 0 radical (unpaired) electrons. The van der Waals surface area contributed by atoms with Gasteiger partial charge in [-0.2, -0.15) is 13.2 Å². The highest BCUT2D eigenvalue weighted by Gasteiger charge is 2.29. The zero-order valence-corrected chi connectivity index (χ0v) is 17.7. The highest BCUT2D eigenvalue weighted by atomic mass is 35.5. The molecule has 1 amide bonds. The van der Waals surface area contributed by atoms with Gasteiger partial charge in [0.25, 0.3) is 5.56 Å². The van der Waals surface area contributed by atoms with E-state index in [1.54, 1.807) is 30.3 Å². The van der Waals surface area contributed by atoms with Gasteiger partial charge >= 0.3 is 6.18 Å². The van der Waals surface area contributed by atoms with Crippen molar-refractivity contribution in [2.24, 2.45) is 0 Å². The molecule has 0 aliphatic heterocycles. The SMILES string of the molecule is CC(Sc1nc2cc(Cl)ccc2c(=O)n1-c1ccc(Cl)cc1)C(=O)NCC(F)(F)F. The van der Waals surface area contributed by atoms with E-state index in [0.29, 0.717) is 26.6 Å². The number of nitrogens with zero attached hydrogens (tertiary/aromatic N) is 2. The summed E-state index contributed by atoms with van der Waals surface area (Å²) in [6, 6.07) is 11.0. The van der Waals surface area contributed by atoms with E-state index < -0.39 is 29.4 Å². The van der Waals surface area contributed by atoms with E-state index >= 15 is 0 Å². The van der Waals surface area contributed by atoms with Crippen LogP contribution in [0.2, 0.25) is 10.0 Å². The molecule has 0 aliphatic carbocycles. The van der Waals surface area contributed by atoms with Crippen molar-refractivity contribution >= 4 is 51.8 Å². The van der Waals surface area contributed by atoms with Crippen LogP contribution in [-0.2, 0) is 4.79 Å². The second-order valence-corrected chi connectivity index (χ2v) is 8.45.